The molecule has 2 N–H and O–H groups in total. The molecule has 1 aliphatic heterocycles. The van der Waals surface area contributed by atoms with Crippen LogP contribution in [0, 0.1) is 11.8 Å². The molecule has 0 aromatic heterocycles. The highest BCUT2D eigenvalue weighted by molar-refractivity contribution is 7.99. The van der Waals surface area contributed by atoms with E-state index in [0.717, 1.165) is 30.8 Å². The van der Waals surface area contributed by atoms with Gasteiger partial charge in [0.05, 0.1) is 5.92 Å². The van der Waals surface area contributed by atoms with Gasteiger partial charge >= 0.3 is 0 Å². The summed E-state index contributed by atoms with van der Waals surface area (Å²) in [5, 5.41) is 0. The van der Waals surface area contributed by atoms with Crippen LogP contribution >= 0.6 is 24.2 Å². The monoisotopic (exact) mass is 390 g/mol. The Kier molecular flexibility index (Phi) is 8.01. The van der Waals surface area contributed by atoms with E-state index in [9.17, 15) is 4.79 Å². The lowest BCUT2D eigenvalue weighted by molar-refractivity contribution is -0.134. The second-order valence-electron chi connectivity index (χ2n) is 6.79. The lowest BCUT2D eigenvalue weighted by Gasteiger charge is -2.25. The smallest absolute Gasteiger partial charge is 0.227 e. The number of likely N-dealkylation sites (tertiary alicyclic amines) is 1. The van der Waals surface area contributed by atoms with Crippen LogP contribution < -0.4 is 5.73 Å². The van der Waals surface area contributed by atoms with Crippen molar-refractivity contribution in [2.45, 2.75) is 24.3 Å². The van der Waals surface area contributed by atoms with Gasteiger partial charge in [0.1, 0.15) is 0 Å². The number of benzene rings is 2. The number of hydrogen-bond acceptors (Lipinski definition) is 3. The Morgan fingerprint density at radius 3 is 2.42 bits per heavy atom. The maximum absolute atomic E-state index is 12.8. The highest BCUT2D eigenvalue weighted by Crippen LogP contribution is 2.28. The Morgan fingerprint density at radius 1 is 1.15 bits per heavy atom. The van der Waals surface area contributed by atoms with Gasteiger partial charge in [-0.3, -0.25) is 4.79 Å². The quantitative estimate of drug-likeness (QED) is 0.744. The molecule has 1 aliphatic rings. The average Bonchev–Trinajstić information content (AvgIpc) is 3.15. The number of halogens is 1. The number of rotatable bonds is 6. The summed E-state index contributed by atoms with van der Waals surface area (Å²) in [6.45, 7) is 3.65. The van der Waals surface area contributed by atoms with Crippen molar-refractivity contribution in [2.24, 2.45) is 17.6 Å². The molecule has 3 nitrogen and oxygen atoms in total. The zero-order valence-electron chi connectivity index (χ0n) is 15.1. The summed E-state index contributed by atoms with van der Waals surface area (Å²) in [7, 11) is 0. The molecule has 2 aromatic carbocycles. The van der Waals surface area contributed by atoms with Crippen LogP contribution in [0.1, 0.15) is 24.9 Å². The average molecular weight is 391 g/mol. The van der Waals surface area contributed by atoms with Gasteiger partial charge in [0.2, 0.25) is 5.91 Å². The first-order chi connectivity index (χ1) is 12.1. The van der Waals surface area contributed by atoms with Crippen molar-refractivity contribution in [1.82, 2.24) is 4.90 Å². The molecule has 3 rings (SSSR count). The highest BCUT2D eigenvalue weighted by Gasteiger charge is 2.31. The van der Waals surface area contributed by atoms with Crippen LogP contribution in [-0.4, -0.2) is 29.6 Å². The van der Waals surface area contributed by atoms with Gasteiger partial charge in [0.25, 0.3) is 0 Å². The lowest BCUT2D eigenvalue weighted by atomic mass is 9.94. The first kappa shape index (κ1) is 20.8. The molecule has 140 valence electrons. The predicted molar refractivity (Wildman–Crippen MR) is 112 cm³/mol. The van der Waals surface area contributed by atoms with Crippen LogP contribution in [0.4, 0.5) is 0 Å². The Labute approximate surface area is 166 Å². The SMILES string of the molecule is CC(C(=O)N1CCC(CSc2ccccc2)C1)C(N)c1ccccc1.Cl. The summed E-state index contributed by atoms with van der Waals surface area (Å²) >= 11 is 1.88. The van der Waals surface area contributed by atoms with Gasteiger partial charge in [-0.15, -0.1) is 24.2 Å². The van der Waals surface area contributed by atoms with Gasteiger partial charge in [-0.25, -0.2) is 0 Å². The molecule has 1 fully saturated rings. The van der Waals surface area contributed by atoms with Crippen LogP contribution in [0.2, 0.25) is 0 Å². The molecule has 2 aromatic rings. The zero-order valence-corrected chi connectivity index (χ0v) is 16.7. The van der Waals surface area contributed by atoms with Crippen LogP contribution in [-0.2, 0) is 4.79 Å². The van der Waals surface area contributed by atoms with E-state index >= 15 is 0 Å². The van der Waals surface area contributed by atoms with E-state index in [1.807, 2.05) is 60.0 Å². The maximum atomic E-state index is 12.8. The van der Waals surface area contributed by atoms with Gasteiger partial charge < -0.3 is 10.6 Å². The van der Waals surface area contributed by atoms with E-state index in [2.05, 4.69) is 24.3 Å². The minimum absolute atomic E-state index is 0. The molecular formula is C21H27ClN2OS. The lowest BCUT2D eigenvalue weighted by Crippen LogP contribution is -2.38. The number of thioether (sulfide) groups is 1. The van der Waals surface area contributed by atoms with Crippen molar-refractivity contribution in [3.05, 3.63) is 66.2 Å². The van der Waals surface area contributed by atoms with Crippen molar-refractivity contribution in [1.29, 1.82) is 0 Å². The summed E-state index contributed by atoms with van der Waals surface area (Å²) in [6.07, 6.45) is 1.08. The number of nitrogens with two attached hydrogens (primary N) is 1. The third-order valence-corrected chi connectivity index (χ3v) is 6.18. The molecule has 5 heteroatoms. The largest absolute Gasteiger partial charge is 0.342 e. The van der Waals surface area contributed by atoms with E-state index in [-0.39, 0.29) is 30.3 Å². The molecule has 0 saturated carbocycles. The van der Waals surface area contributed by atoms with Gasteiger partial charge in [-0.05, 0) is 30.0 Å². The Balaban J connectivity index is 0.00000243. The van der Waals surface area contributed by atoms with E-state index < -0.39 is 0 Å². The number of amides is 1. The first-order valence-corrected chi connectivity index (χ1v) is 9.91. The van der Waals surface area contributed by atoms with Crippen LogP contribution in [0.5, 0.6) is 0 Å². The zero-order chi connectivity index (χ0) is 17.6. The molecule has 1 amide bonds. The van der Waals surface area contributed by atoms with E-state index in [1.165, 1.54) is 4.90 Å². The number of carbonyl (C=O) groups excluding carboxylic acids is 1. The fourth-order valence-electron chi connectivity index (χ4n) is 3.31. The molecular weight excluding hydrogens is 364 g/mol. The second-order valence-corrected chi connectivity index (χ2v) is 7.88. The molecule has 0 aliphatic carbocycles. The third kappa shape index (κ3) is 5.26. The number of nitrogens with zero attached hydrogens (tertiary/aromatic N) is 1. The van der Waals surface area contributed by atoms with Crippen LogP contribution in [0.25, 0.3) is 0 Å². The Bertz CT molecular complexity index is 683. The van der Waals surface area contributed by atoms with Gasteiger partial charge in [0.15, 0.2) is 0 Å². The standard InChI is InChI=1S/C21H26N2OS.ClH/c1-16(20(22)18-8-4-2-5-9-18)21(24)23-13-12-17(14-23)15-25-19-10-6-3-7-11-19;/h2-11,16-17,20H,12-15,22H2,1H3;1H. The fraction of sp³-hybridized carbons (Fsp3) is 0.381. The minimum Gasteiger partial charge on any atom is -0.342 e. The van der Waals surface area contributed by atoms with E-state index in [1.54, 1.807) is 0 Å². The Morgan fingerprint density at radius 2 is 1.77 bits per heavy atom. The number of hydrogen-bond donors (Lipinski definition) is 1. The van der Waals surface area contributed by atoms with Crippen molar-refractivity contribution in [3.8, 4) is 0 Å². The predicted octanol–water partition coefficient (Wildman–Crippen LogP) is 4.39. The topological polar surface area (TPSA) is 46.3 Å². The van der Waals surface area contributed by atoms with Crippen molar-refractivity contribution >= 4 is 30.1 Å². The highest BCUT2D eigenvalue weighted by atomic mass is 35.5. The maximum Gasteiger partial charge on any atom is 0.227 e. The molecule has 3 unspecified atom stereocenters. The van der Waals surface area contributed by atoms with Crippen LogP contribution in [0.3, 0.4) is 0 Å². The summed E-state index contributed by atoms with van der Waals surface area (Å²) in [6, 6.07) is 20.1. The molecule has 0 spiro atoms. The first-order valence-electron chi connectivity index (χ1n) is 8.92. The van der Waals surface area contributed by atoms with Crippen LogP contribution in [0.15, 0.2) is 65.6 Å². The second kappa shape index (κ2) is 10.0. The molecule has 1 saturated heterocycles. The van der Waals surface area contributed by atoms with E-state index in [4.69, 9.17) is 5.73 Å². The van der Waals surface area contributed by atoms with Gasteiger partial charge in [-0.2, -0.15) is 0 Å². The Hall–Kier alpha value is -1.49. The minimum atomic E-state index is -0.244. The third-order valence-electron chi connectivity index (χ3n) is 4.94. The fourth-order valence-corrected chi connectivity index (χ4v) is 4.35. The number of carbonyl (C=O) groups is 1. The summed E-state index contributed by atoms with van der Waals surface area (Å²) in [5.74, 6) is 1.62. The van der Waals surface area contributed by atoms with Crippen molar-refractivity contribution < 1.29 is 4.79 Å². The van der Waals surface area contributed by atoms with Crippen molar-refractivity contribution in [3.63, 3.8) is 0 Å². The van der Waals surface area contributed by atoms with Gasteiger partial charge in [0, 0.05) is 29.8 Å². The molecule has 3 atom stereocenters. The van der Waals surface area contributed by atoms with E-state index in [0.29, 0.717) is 5.92 Å². The summed E-state index contributed by atoms with van der Waals surface area (Å²) in [4.78, 5) is 16.1. The molecule has 1 heterocycles. The molecule has 0 radical (unpaired) electrons. The summed E-state index contributed by atoms with van der Waals surface area (Å²) in [5.41, 5.74) is 7.35. The van der Waals surface area contributed by atoms with Crippen molar-refractivity contribution in [2.75, 3.05) is 18.8 Å². The summed E-state index contributed by atoms with van der Waals surface area (Å²) < 4.78 is 0. The molecule has 26 heavy (non-hydrogen) atoms. The molecule has 0 bridgehead atoms. The normalized spacial score (nSPS) is 18.8. The van der Waals surface area contributed by atoms with Gasteiger partial charge in [-0.1, -0.05) is 55.5 Å².